The van der Waals surface area contributed by atoms with Crippen LogP contribution in [0.15, 0.2) is 24.3 Å². The fourth-order valence-electron chi connectivity index (χ4n) is 1.46. The van der Waals surface area contributed by atoms with Crippen molar-refractivity contribution in [2.24, 2.45) is 5.41 Å². The zero-order valence-corrected chi connectivity index (χ0v) is 13.0. The number of ketones is 1. The second-order valence-electron chi connectivity index (χ2n) is 5.43. The zero-order valence-electron chi connectivity index (χ0n) is 12.3. The van der Waals surface area contributed by atoms with Gasteiger partial charge in [0.1, 0.15) is 0 Å². The Morgan fingerprint density at radius 1 is 1.20 bits per heavy atom. The van der Waals surface area contributed by atoms with Gasteiger partial charge in [-0.15, -0.1) is 0 Å². The number of ether oxygens (including phenoxy) is 1. The molecule has 0 spiro atoms. The lowest BCUT2D eigenvalue weighted by Crippen LogP contribution is -2.40. The third-order valence-electron chi connectivity index (χ3n) is 2.76. The quantitative estimate of drug-likeness (QED) is 0.846. The van der Waals surface area contributed by atoms with E-state index in [4.69, 9.17) is 16.3 Å². The van der Waals surface area contributed by atoms with E-state index in [1.807, 2.05) is 20.8 Å². The molecule has 0 unspecified atom stereocenters. The van der Waals surface area contributed by atoms with Crippen LogP contribution in [0.25, 0.3) is 0 Å². The van der Waals surface area contributed by atoms with Gasteiger partial charge in [-0.1, -0.05) is 32.4 Å². The molecule has 4 nitrogen and oxygen atoms in total. The highest BCUT2D eigenvalue weighted by Gasteiger charge is 2.27. The standard InChI is InChI=1S/C15H20ClNO3/c1-5-20-14(19)17(10-13(18)15(2,3)4)12-8-6-11(16)7-9-12/h6-9H,5,10H2,1-4H3. The van der Waals surface area contributed by atoms with Crippen LogP contribution >= 0.6 is 11.6 Å². The molecule has 20 heavy (non-hydrogen) atoms. The summed E-state index contributed by atoms with van der Waals surface area (Å²) in [6.45, 7) is 7.42. The molecule has 1 aromatic rings. The summed E-state index contributed by atoms with van der Waals surface area (Å²) in [5.41, 5.74) is 0.0717. The highest BCUT2D eigenvalue weighted by atomic mass is 35.5. The number of amides is 1. The van der Waals surface area contributed by atoms with Gasteiger partial charge in [-0.2, -0.15) is 0 Å². The van der Waals surface area contributed by atoms with Gasteiger partial charge in [-0.05, 0) is 31.2 Å². The van der Waals surface area contributed by atoms with Crippen LogP contribution in [0.4, 0.5) is 10.5 Å². The molecule has 5 heteroatoms. The lowest BCUT2D eigenvalue weighted by atomic mass is 9.90. The number of halogens is 1. The Balaban J connectivity index is 3.00. The normalized spacial score (nSPS) is 11.1. The van der Waals surface area contributed by atoms with Crippen LogP contribution in [0.2, 0.25) is 5.02 Å². The molecule has 0 aliphatic carbocycles. The third kappa shape index (κ3) is 4.53. The Morgan fingerprint density at radius 3 is 2.20 bits per heavy atom. The molecule has 0 radical (unpaired) electrons. The molecule has 1 rings (SSSR count). The smallest absolute Gasteiger partial charge is 0.414 e. The minimum Gasteiger partial charge on any atom is -0.449 e. The van der Waals surface area contributed by atoms with E-state index in [0.29, 0.717) is 10.7 Å². The van der Waals surface area contributed by atoms with Gasteiger partial charge in [0.2, 0.25) is 0 Å². The van der Waals surface area contributed by atoms with E-state index in [2.05, 4.69) is 0 Å². The molecule has 110 valence electrons. The fourth-order valence-corrected chi connectivity index (χ4v) is 1.59. The van der Waals surface area contributed by atoms with Crippen LogP contribution in [0.3, 0.4) is 0 Å². The molecule has 0 saturated heterocycles. The van der Waals surface area contributed by atoms with E-state index in [1.54, 1.807) is 31.2 Å². The summed E-state index contributed by atoms with van der Waals surface area (Å²) in [5.74, 6) is -0.0412. The van der Waals surface area contributed by atoms with E-state index < -0.39 is 11.5 Å². The number of Topliss-reactive ketones (excluding diaryl/α,β-unsaturated/α-hetero) is 1. The van der Waals surface area contributed by atoms with Crippen molar-refractivity contribution >= 4 is 29.2 Å². The maximum atomic E-state index is 12.1. The van der Waals surface area contributed by atoms with Crippen molar-refractivity contribution in [1.29, 1.82) is 0 Å². The predicted molar refractivity (Wildman–Crippen MR) is 80.3 cm³/mol. The molecule has 0 fully saturated rings. The van der Waals surface area contributed by atoms with E-state index in [9.17, 15) is 9.59 Å². The summed E-state index contributed by atoms with van der Waals surface area (Å²) in [4.78, 5) is 25.5. The van der Waals surface area contributed by atoms with Crippen molar-refractivity contribution in [2.75, 3.05) is 18.1 Å². The number of nitrogens with zero attached hydrogens (tertiary/aromatic N) is 1. The fraction of sp³-hybridized carbons (Fsp3) is 0.467. The molecule has 0 heterocycles. The largest absolute Gasteiger partial charge is 0.449 e. The molecule has 0 bridgehead atoms. The number of hydrogen-bond donors (Lipinski definition) is 0. The first-order valence-electron chi connectivity index (χ1n) is 6.49. The van der Waals surface area contributed by atoms with Crippen molar-refractivity contribution in [3.8, 4) is 0 Å². The van der Waals surface area contributed by atoms with Crippen molar-refractivity contribution in [3.05, 3.63) is 29.3 Å². The van der Waals surface area contributed by atoms with Gasteiger partial charge >= 0.3 is 6.09 Å². The number of hydrogen-bond acceptors (Lipinski definition) is 3. The number of benzene rings is 1. The van der Waals surface area contributed by atoms with Gasteiger partial charge in [0, 0.05) is 16.1 Å². The first kappa shape index (κ1) is 16.5. The molecular formula is C15H20ClNO3. The van der Waals surface area contributed by atoms with Crippen LogP contribution in [0, 0.1) is 5.41 Å². The summed E-state index contributed by atoms with van der Waals surface area (Å²) in [6, 6.07) is 6.72. The van der Waals surface area contributed by atoms with E-state index in [0.717, 1.165) is 0 Å². The van der Waals surface area contributed by atoms with Crippen molar-refractivity contribution in [3.63, 3.8) is 0 Å². The number of anilines is 1. The van der Waals surface area contributed by atoms with Crippen LogP contribution in [-0.4, -0.2) is 25.0 Å². The van der Waals surface area contributed by atoms with E-state index in [-0.39, 0.29) is 18.9 Å². The topological polar surface area (TPSA) is 46.6 Å². The van der Waals surface area contributed by atoms with Crippen LogP contribution in [-0.2, 0) is 9.53 Å². The second-order valence-corrected chi connectivity index (χ2v) is 5.87. The Hall–Kier alpha value is -1.55. The summed E-state index contributed by atoms with van der Waals surface area (Å²) < 4.78 is 5.00. The van der Waals surface area contributed by atoms with Crippen molar-refractivity contribution < 1.29 is 14.3 Å². The van der Waals surface area contributed by atoms with Crippen molar-refractivity contribution in [1.82, 2.24) is 0 Å². The third-order valence-corrected chi connectivity index (χ3v) is 3.02. The van der Waals surface area contributed by atoms with Crippen LogP contribution < -0.4 is 4.90 Å². The van der Waals surface area contributed by atoms with E-state index >= 15 is 0 Å². The molecule has 1 amide bonds. The highest BCUT2D eigenvalue weighted by molar-refractivity contribution is 6.30. The average molecular weight is 298 g/mol. The van der Waals surface area contributed by atoms with Gasteiger partial charge in [0.05, 0.1) is 13.2 Å². The van der Waals surface area contributed by atoms with E-state index in [1.165, 1.54) is 4.90 Å². The molecule has 0 atom stereocenters. The predicted octanol–water partition coefficient (Wildman–Crippen LogP) is 3.92. The lowest BCUT2D eigenvalue weighted by Gasteiger charge is -2.25. The summed E-state index contributed by atoms with van der Waals surface area (Å²) in [7, 11) is 0. The first-order chi connectivity index (χ1) is 9.25. The number of carbonyl (C=O) groups is 2. The second kappa shape index (κ2) is 6.75. The molecule has 0 aromatic heterocycles. The molecule has 0 N–H and O–H groups in total. The first-order valence-corrected chi connectivity index (χ1v) is 6.86. The maximum Gasteiger partial charge on any atom is 0.414 e. The summed E-state index contributed by atoms with van der Waals surface area (Å²) in [5, 5.41) is 0.569. The molecule has 1 aromatic carbocycles. The zero-order chi connectivity index (χ0) is 15.3. The van der Waals surface area contributed by atoms with Crippen molar-refractivity contribution in [2.45, 2.75) is 27.7 Å². The van der Waals surface area contributed by atoms with Gasteiger partial charge in [0.15, 0.2) is 5.78 Å². The molecule has 0 aliphatic heterocycles. The minimum absolute atomic E-state index is 0.0238. The minimum atomic E-state index is -0.535. The summed E-state index contributed by atoms with van der Waals surface area (Å²) in [6.07, 6.45) is -0.535. The van der Waals surface area contributed by atoms with Crippen LogP contribution in [0.1, 0.15) is 27.7 Å². The Morgan fingerprint density at radius 2 is 1.75 bits per heavy atom. The monoisotopic (exact) mass is 297 g/mol. The Labute approximate surface area is 124 Å². The molecular weight excluding hydrogens is 278 g/mol. The van der Waals surface area contributed by atoms with Crippen LogP contribution in [0.5, 0.6) is 0 Å². The lowest BCUT2D eigenvalue weighted by molar-refractivity contribution is -0.124. The maximum absolute atomic E-state index is 12.1. The Bertz CT molecular complexity index is 477. The average Bonchev–Trinajstić information content (AvgIpc) is 2.36. The molecule has 0 aliphatic rings. The Kier molecular flexibility index (Phi) is 5.57. The highest BCUT2D eigenvalue weighted by Crippen LogP contribution is 2.22. The van der Waals surface area contributed by atoms with Gasteiger partial charge in [0.25, 0.3) is 0 Å². The number of rotatable bonds is 4. The number of carbonyl (C=O) groups excluding carboxylic acids is 2. The van der Waals surface area contributed by atoms with Gasteiger partial charge in [-0.3, -0.25) is 9.69 Å². The van der Waals surface area contributed by atoms with Gasteiger partial charge in [-0.25, -0.2) is 4.79 Å². The SMILES string of the molecule is CCOC(=O)N(CC(=O)C(C)(C)C)c1ccc(Cl)cc1. The summed E-state index contributed by atoms with van der Waals surface area (Å²) >= 11 is 5.83. The molecule has 0 saturated carbocycles. The van der Waals surface area contributed by atoms with Gasteiger partial charge < -0.3 is 4.74 Å².